The minimum absolute atomic E-state index is 0.0653. The number of hydrogen-bond acceptors (Lipinski definition) is 5. The van der Waals surface area contributed by atoms with Crippen LogP contribution in [0.5, 0.6) is 0 Å². The number of nitrogens with zero attached hydrogens (tertiary/aromatic N) is 1. The summed E-state index contributed by atoms with van der Waals surface area (Å²) >= 11 is 0. The number of benzene rings is 1. The number of rotatable bonds is 9. The molecular weight excluding hydrogens is 424 g/mol. The first-order valence-corrected chi connectivity index (χ1v) is 11.7. The lowest BCUT2D eigenvalue weighted by molar-refractivity contribution is -0.143. The second-order valence-corrected chi connectivity index (χ2v) is 9.16. The van der Waals surface area contributed by atoms with Crippen LogP contribution in [-0.4, -0.2) is 71.0 Å². The summed E-state index contributed by atoms with van der Waals surface area (Å²) in [6.07, 6.45) is 3.11. The lowest BCUT2D eigenvalue weighted by Crippen LogP contribution is -2.58. The molecule has 3 amide bonds. The predicted octanol–water partition coefficient (Wildman–Crippen LogP) is 0.682. The van der Waals surface area contributed by atoms with Crippen molar-refractivity contribution in [3.63, 3.8) is 0 Å². The maximum Gasteiger partial charge on any atom is 0.326 e. The van der Waals surface area contributed by atoms with Crippen molar-refractivity contribution in [3.05, 3.63) is 35.9 Å². The molecule has 0 radical (unpaired) electrons. The summed E-state index contributed by atoms with van der Waals surface area (Å²) in [5, 5.41) is 18.1. The smallest absolute Gasteiger partial charge is 0.326 e. The van der Waals surface area contributed by atoms with Crippen LogP contribution in [0.15, 0.2) is 30.3 Å². The molecule has 4 atom stereocenters. The molecule has 4 N–H and O–H groups in total. The van der Waals surface area contributed by atoms with E-state index in [1.54, 1.807) is 30.9 Å². The van der Waals surface area contributed by atoms with E-state index in [9.17, 15) is 24.3 Å². The Morgan fingerprint density at radius 1 is 1.09 bits per heavy atom. The standard InChI is InChI=1S/C24H34N4O5/c1-15(2)20(22(30)26-18(24(32)33)14-16-8-4-3-5-9-16)27-21(29)19-11-7-13-28(19)23(31)17-10-6-12-25-17/h3-5,8-9,15,17-20,25H,6-7,10-14H2,1-2H3,(H,26,30)(H,27,29)(H,32,33). The van der Waals surface area contributed by atoms with Gasteiger partial charge in [0, 0.05) is 13.0 Å². The molecule has 1 aromatic rings. The molecule has 33 heavy (non-hydrogen) atoms. The second-order valence-electron chi connectivity index (χ2n) is 9.16. The van der Waals surface area contributed by atoms with Gasteiger partial charge in [0.25, 0.3) is 0 Å². The first kappa shape index (κ1) is 24.7. The molecule has 9 nitrogen and oxygen atoms in total. The number of likely N-dealkylation sites (tertiary alicyclic amines) is 1. The molecule has 0 saturated carbocycles. The van der Waals surface area contributed by atoms with Gasteiger partial charge in [-0.2, -0.15) is 0 Å². The monoisotopic (exact) mass is 458 g/mol. The Bertz CT molecular complexity index is 854. The normalized spacial score (nSPS) is 22.1. The van der Waals surface area contributed by atoms with Crippen LogP contribution in [0.25, 0.3) is 0 Å². The van der Waals surface area contributed by atoms with Gasteiger partial charge in [-0.25, -0.2) is 4.79 Å². The van der Waals surface area contributed by atoms with Gasteiger partial charge in [0.2, 0.25) is 17.7 Å². The highest BCUT2D eigenvalue weighted by Gasteiger charge is 2.39. The summed E-state index contributed by atoms with van der Waals surface area (Å²) < 4.78 is 0. The van der Waals surface area contributed by atoms with Gasteiger partial charge in [-0.05, 0) is 43.7 Å². The topological polar surface area (TPSA) is 128 Å². The van der Waals surface area contributed by atoms with E-state index in [2.05, 4.69) is 16.0 Å². The highest BCUT2D eigenvalue weighted by molar-refractivity contribution is 5.94. The molecule has 0 aromatic heterocycles. The van der Waals surface area contributed by atoms with E-state index in [1.807, 2.05) is 18.2 Å². The zero-order valence-corrected chi connectivity index (χ0v) is 19.3. The molecule has 2 saturated heterocycles. The van der Waals surface area contributed by atoms with Crippen molar-refractivity contribution in [1.29, 1.82) is 0 Å². The Hall–Kier alpha value is -2.94. The zero-order chi connectivity index (χ0) is 24.0. The maximum absolute atomic E-state index is 13.1. The third kappa shape index (κ3) is 6.31. The molecule has 2 aliphatic heterocycles. The van der Waals surface area contributed by atoms with Crippen LogP contribution in [0.3, 0.4) is 0 Å². The number of hydrogen-bond donors (Lipinski definition) is 4. The fourth-order valence-electron chi connectivity index (χ4n) is 4.49. The van der Waals surface area contributed by atoms with Gasteiger partial charge in [-0.1, -0.05) is 44.2 Å². The Balaban J connectivity index is 1.64. The highest BCUT2D eigenvalue weighted by atomic mass is 16.4. The van der Waals surface area contributed by atoms with Crippen molar-refractivity contribution in [3.8, 4) is 0 Å². The summed E-state index contributed by atoms with van der Waals surface area (Å²) in [5.41, 5.74) is 0.788. The van der Waals surface area contributed by atoms with Gasteiger partial charge in [0.1, 0.15) is 18.1 Å². The van der Waals surface area contributed by atoms with Crippen molar-refractivity contribution >= 4 is 23.7 Å². The Morgan fingerprint density at radius 3 is 2.42 bits per heavy atom. The van der Waals surface area contributed by atoms with Crippen molar-refractivity contribution in [2.45, 2.75) is 70.1 Å². The van der Waals surface area contributed by atoms with Gasteiger partial charge < -0.3 is 26.0 Å². The molecule has 2 heterocycles. The zero-order valence-electron chi connectivity index (χ0n) is 19.3. The SMILES string of the molecule is CC(C)C(NC(=O)C1CCCN1C(=O)C1CCCN1)C(=O)NC(Cc1ccccc1)C(=O)O. The molecule has 180 valence electrons. The number of aliphatic carboxylic acids is 1. The van der Waals surface area contributed by atoms with Crippen LogP contribution >= 0.6 is 0 Å². The lowest BCUT2D eigenvalue weighted by atomic mass is 10.0. The largest absolute Gasteiger partial charge is 0.480 e. The third-order valence-corrected chi connectivity index (χ3v) is 6.34. The van der Waals surface area contributed by atoms with E-state index in [1.165, 1.54) is 0 Å². The molecule has 2 aliphatic rings. The molecule has 0 spiro atoms. The van der Waals surface area contributed by atoms with Crippen LogP contribution in [-0.2, 0) is 25.6 Å². The van der Waals surface area contributed by atoms with Crippen molar-refractivity contribution in [2.75, 3.05) is 13.1 Å². The maximum atomic E-state index is 13.1. The van der Waals surface area contributed by atoms with E-state index < -0.39 is 30.0 Å². The number of carboxylic acid groups (broad SMARTS) is 1. The van der Waals surface area contributed by atoms with E-state index in [0.29, 0.717) is 13.0 Å². The summed E-state index contributed by atoms with van der Waals surface area (Å²) in [6, 6.07) is 6.16. The van der Waals surface area contributed by atoms with Crippen molar-refractivity contribution < 1.29 is 24.3 Å². The van der Waals surface area contributed by atoms with Crippen molar-refractivity contribution in [2.24, 2.45) is 5.92 Å². The summed E-state index contributed by atoms with van der Waals surface area (Å²) in [6.45, 7) is 4.89. The van der Waals surface area contributed by atoms with E-state index in [-0.39, 0.29) is 30.2 Å². The third-order valence-electron chi connectivity index (χ3n) is 6.34. The van der Waals surface area contributed by atoms with Crippen LogP contribution < -0.4 is 16.0 Å². The first-order valence-electron chi connectivity index (χ1n) is 11.7. The number of carbonyl (C=O) groups is 4. The molecule has 0 bridgehead atoms. The van der Waals surface area contributed by atoms with Gasteiger partial charge >= 0.3 is 5.97 Å². The second kappa shape index (κ2) is 11.3. The number of nitrogens with one attached hydrogen (secondary N) is 3. The van der Waals surface area contributed by atoms with E-state index in [0.717, 1.165) is 31.4 Å². The van der Waals surface area contributed by atoms with E-state index >= 15 is 0 Å². The highest BCUT2D eigenvalue weighted by Crippen LogP contribution is 2.21. The Labute approximate surface area is 194 Å². The fraction of sp³-hybridized carbons (Fsp3) is 0.583. The Kier molecular flexibility index (Phi) is 8.43. The average Bonchev–Trinajstić information content (AvgIpc) is 3.49. The average molecular weight is 459 g/mol. The van der Waals surface area contributed by atoms with Gasteiger partial charge in [-0.3, -0.25) is 14.4 Å². The molecule has 1 aromatic carbocycles. The molecular formula is C24H34N4O5. The summed E-state index contributed by atoms with van der Waals surface area (Å²) in [4.78, 5) is 52.3. The van der Waals surface area contributed by atoms with Crippen LogP contribution in [0.2, 0.25) is 0 Å². The van der Waals surface area contributed by atoms with Gasteiger partial charge in [0.05, 0.1) is 6.04 Å². The fourth-order valence-corrected chi connectivity index (χ4v) is 4.49. The minimum atomic E-state index is -1.14. The molecule has 3 rings (SSSR count). The first-order chi connectivity index (χ1) is 15.8. The minimum Gasteiger partial charge on any atom is -0.480 e. The summed E-state index contributed by atoms with van der Waals surface area (Å²) in [5.74, 6) is -2.39. The predicted molar refractivity (Wildman–Crippen MR) is 122 cm³/mol. The number of carbonyl (C=O) groups excluding carboxylic acids is 3. The van der Waals surface area contributed by atoms with Crippen molar-refractivity contribution in [1.82, 2.24) is 20.9 Å². The number of amides is 3. The van der Waals surface area contributed by atoms with Crippen LogP contribution in [0.1, 0.15) is 45.1 Å². The molecule has 0 aliphatic carbocycles. The van der Waals surface area contributed by atoms with Gasteiger partial charge in [-0.15, -0.1) is 0 Å². The summed E-state index contributed by atoms with van der Waals surface area (Å²) in [7, 11) is 0. The molecule has 2 fully saturated rings. The van der Waals surface area contributed by atoms with Crippen LogP contribution in [0, 0.1) is 5.92 Å². The Morgan fingerprint density at radius 2 is 1.82 bits per heavy atom. The van der Waals surface area contributed by atoms with Crippen LogP contribution in [0.4, 0.5) is 0 Å². The van der Waals surface area contributed by atoms with Gasteiger partial charge in [0.15, 0.2) is 0 Å². The molecule has 4 unspecified atom stereocenters. The number of carboxylic acids is 1. The molecule has 9 heteroatoms. The van der Waals surface area contributed by atoms with E-state index in [4.69, 9.17) is 0 Å². The quantitative estimate of drug-likeness (QED) is 0.431. The lowest BCUT2D eigenvalue weighted by Gasteiger charge is -2.29.